The molecule has 0 aromatic heterocycles. The highest BCUT2D eigenvalue weighted by atomic mass is 19.2. The highest BCUT2D eigenvalue weighted by molar-refractivity contribution is 5.35. The van der Waals surface area contributed by atoms with Gasteiger partial charge < -0.3 is 9.47 Å². The molecule has 1 rings (SSSR count). The molecule has 0 amide bonds. The second kappa shape index (κ2) is 9.50. The number of benzene rings is 1. The Morgan fingerprint density at radius 1 is 0.850 bits per heavy atom. The van der Waals surface area contributed by atoms with E-state index in [1.165, 1.54) is 12.1 Å². The van der Waals surface area contributed by atoms with Crippen molar-refractivity contribution in [2.75, 3.05) is 19.9 Å². The molecular formula is C15H21F3O2. The maximum atomic E-state index is 13.7. The first-order chi connectivity index (χ1) is 9.70. The van der Waals surface area contributed by atoms with Crippen LogP contribution in [0, 0.1) is 11.6 Å². The third-order valence-electron chi connectivity index (χ3n) is 2.80. The zero-order valence-corrected chi connectivity index (χ0v) is 11.8. The van der Waals surface area contributed by atoms with Gasteiger partial charge in [0.1, 0.15) is 0 Å². The van der Waals surface area contributed by atoms with Crippen LogP contribution in [0.2, 0.25) is 0 Å². The molecule has 1 aromatic carbocycles. The lowest BCUT2D eigenvalue weighted by atomic mass is 10.2. The lowest BCUT2D eigenvalue weighted by Crippen LogP contribution is -2.04. The smallest absolute Gasteiger partial charge is 0.204 e. The van der Waals surface area contributed by atoms with Crippen LogP contribution in [0.25, 0.3) is 0 Å². The fraction of sp³-hybridized carbons (Fsp3) is 0.600. The molecule has 0 heterocycles. The van der Waals surface area contributed by atoms with E-state index in [1.807, 2.05) is 6.92 Å². The van der Waals surface area contributed by atoms with Crippen molar-refractivity contribution in [1.82, 2.24) is 0 Å². The molecule has 0 saturated carbocycles. The minimum atomic E-state index is -1.04. The standard InChI is InChI=1S/C15H21F3O2/c1-2-3-10-19-12-7-8-13(15(18)14(12)17)20-11-6-4-5-9-16/h7-8H,2-6,9-11H2,1H3. The third kappa shape index (κ3) is 5.31. The van der Waals surface area contributed by atoms with Crippen molar-refractivity contribution in [3.8, 4) is 11.5 Å². The van der Waals surface area contributed by atoms with Gasteiger partial charge in [-0.3, -0.25) is 4.39 Å². The van der Waals surface area contributed by atoms with Crippen LogP contribution in [-0.4, -0.2) is 19.9 Å². The first-order valence-corrected chi connectivity index (χ1v) is 7.00. The van der Waals surface area contributed by atoms with Crippen LogP contribution in [-0.2, 0) is 0 Å². The van der Waals surface area contributed by atoms with Crippen LogP contribution in [0.3, 0.4) is 0 Å². The molecule has 0 spiro atoms. The van der Waals surface area contributed by atoms with E-state index in [4.69, 9.17) is 9.47 Å². The predicted octanol–water partition coefficient (Wildman–Crippen LogP) is 4.66. The SMILES string of the molecule is CCCCOc1ccc(OCCCCCF)c(F)c1F. The van der Waals surface area contributed by atoms with Crippen molar-refractivity contribution in [2.24, 2.45) is 0 Å². The van der Waals surface area contributed by atoms with Crippen molar-refractivity contribution >= 4 is 0 Å². The number of halogens is 3. The largest absolute Gasteiger partial charge is 0.490 e. The summed E-state index contributed by atoms with van der Waals surface area (Å²) >= 11 is 0. The van der Waals surface area contributed by atoms with E-state index in [1.54, 1.807) is 0 Å². The summed E-state index contributed by atoms with van der Waals surface area (Å²) in [4.78, 5) is 0. The van der Waals surface area contributed by atoms with Gasteiger partial charge in [-0.2, -0.15) is 8.78 Å². The molecule has 5 heteroatoms. The summed E-state index contributed by atoms with van der Waals surface area (Å²) in [6.07, 6.45) is 3.45. The molecule has 0 N–H and O–H groups in total. The van der Waals surface area contributed by atoms with Crippen molar-refractivity contribution in [2.45, 2.75) is 39.0 Å². The highest BCUT2D eigenvalue weighted by Crippen LogP contribution is 2.27. The molecule has 114 valence electrons. The number of unbranched alkanes of at least 4 members (excludes halogenated alkanes) is 3. The lowest BCUT2D eigenvalue weighted by molar-refractivity contribution is 0.267. The second-order valence-electron chi connectivity index (χ2n) is 4.49. The number of ether oxygens (including phenoxy) is 2. The van der Waals surface area contributed by atoms with Crippen LogP contribution < -0.4 is 9.47 Å². The maximum absolute atomic E-state index is 13.7. The van der Waals surface area contributed by atoms with Gasteiger partial charge in [-0.25, -0.2) is 0 Å². The van der Waals surface area contributed by atoms with Crippen molar-refractivity contribution in [1.29, 1.82) is 0 Å². The highest BCUT2D eigenvalue weighted by Gasteiger charge is 2.15. The number of hydrogen-bond donors (Lipinski definition) is 0. The van der Waals surface area contributed by atoms with E-state index >= 15 is 0 Å². The van der Waals surface area contributed by atoms with Gasteiger partial charge in [0.05, 0.1) is 19.9 Å². The molecule has 1 aromatic rings. The van der Waals surface area contributed by atoms with E-state index in [-0.39, 0.29) is 24.8 Å². The summed E-state index contributed by atoms with van der Waals surface area (Å²) in [6.45, 7) is 2.22. The Kier molecular flexibility index (Phi) is 7.92. The lowest BCUT2D eigenvalue weighted by Gasteiger charge is -2.11. The van der Waals surface area contributed by atoms with E-state index in [9.17, 15) is 13.2 Å². The van der Waals surface area contributed by atoms with Crippen molar-refractivity contribution in [3.63, 3.8) is 0 Å². The molecule has 0 saturated heterocycles. The van der Waals surface area contributed by atoms with Gasteiger partial charge >= 0.3 is 0 Å². The molecule has 0 fully saturated rings. The quantitative estimate of drug-likeness (QED) is 0.583. The molecule has 0 aliphatic heterocycles. The van der Waals surface area contributed by atoms with Gasteiger partial charge in [0, 0.05) is 0 Å². The summed E-state index contributed by atoms with van der Waals surface area (Å²) in [6, 6.07) is 2.72. The molecule has 20 heavy (non-hydrogen) atoms. The van der Waals surface area contributed by atoms with E-state index in [0.717, 1.165) is 12.8 Å². The average molecular weight is 290 g/mol. The fourth-order valence-electron chi connectivity index (χ4n) is 1.62. The molecule has 0 aliphatic carbocycles. The van der Waals surface area contributed by atoms with Gasteiger partial charge in [-0.15, -0.1) is 0 Å². The van der Waals surface area contributed by atoms with Gasteiger partial charge in [0.2, 0.25) is 11.6 Å². The van der Waals surface area contributed by atoms with Gasteiger partial charge in [-0.1, -0.05) is 13.3 Å². The summed E-state index contributed by atoms with van der Waals surface area (Å²) in [5, 5.41) is 0. The summed E-state index contributed by atoms with van der Waals surface area (Å²) in [5.41, 5.74) is 0. The Balaban J connectivity index is 2.50. The zero-order chi connectivity index (χ0) is 14.8. The Labute approximate surface area is 117 Å². The monoisotopic (exact) mass is 290 g/mol. The predicted molar refractivity (Wildman–Crippen MR) is 72.1 cm³/mol. The van der Waals surface area contributed by atoms with Gasteiger partial charge in [0.15, 0.2) is 11.5 Å². The third-order valence-corrected chi connectivity index (χ3v) is 2.80. The van der Waals surface area contributed by atoms with E-state index in [2.05, 4.69) is 0 Å². The Hall–Kier alpha value is -1.39. The average Bonchev–Trinajstić information content (AvgIpc) is 2.45. The van der Waals surface area contributed by atoms with Crippen molar-refractivity contribution in [3.05, 3.63) is 23.8 Å². The van der Waals surface area contributed by atoms with Crippen LogP contribution >= 0.6 is 0 Å². The number of hydrogen-bond acceptors (Lipinski definition) is 2. The van der Waals surface area contributed by atoms with Crippen LogP contribution in [0.15, 0.2) is 12.1 Å². The van der Waals surface area contributed by atoms with Crippen LogP contribution in [0.5, 0.6) is 11.5 Å². The van der Waals surface area contributed by atoms with E-state index < -0.39 is 11.6 Å². The Bertz CT molecular complexity index is 397. The van der Waals surface area contributed by atoms with Crippen LogP contribution in [0.1, 0.15) is 39.0 Å². The van der Waals surface area contributed by atoms with E-state index in [0.29, 0.717) is 25.9 Å². The van der Waals surface area contributed by atoms with Crippen LogP contribution in [0.4, 0.5) is 13.2 Å². The minimum Gasteiger partial charge on any atom is -0.490 e. The Morgan fingerprint density at radius 2 is 1.40 bits per heavy atom. The van der Waals surface area contributed by atoms with Gasteiger partial charge in [-0.05, 0) is 37.8 Å². The fourth-order valence-corrected chi connectivity index (χ4v) is 1.62. The van der Waals surface area contributed by atoms with Crippen molar-refractivity contribution < 1.29 is 22.6 Å². The molecule has 0 atom stereocenters. The first kappa shape index (κ1) is 16.7. The number of rotatable bonds is 10. The summed E-state index contributed by atoms with van der Waals surface area (Å²) in [7, 11) is 0. The minimum absolute atomic E-state index is 0.0965. The van der Waals surface area contributed by atoms with Gasteiger partial charge in [0.25, 0.3) is 0 Å². The topological polar surface area (TPSA) is 18.5 Å². The first-order valence-electron chi connectivity index (χ1n) is 7.00. The zero-order valence-electron chi connectivity index (χ0n) is 11.8. The molecule has 0 radical (unpaired) electrons. The number of alkyl halides is 1. The molecule has 0 bridgehead atoms. The summed E-state index contributed by atoms with van der Waals surface area (Å²) < 4.78 is 49.6. The second-order valence-corrected chi connectivity index (χ2v) is 4.49. The molecule has 0 aliphatic rings. The normalized spacial score (nSPS) is 10.6. The Morgan fingerprint density at radius 3 is 1.90 bits per heavy atom. The molecular weight excluding hydrogens is 269 g/mol. The maximum Gasteiger partial charge on any atom is 0.204 e. The molecule has 2 nitrogen and oxygen atoms in total. The molecule has 0 unspecified atom stereocenters. The summed E-state index contributed by atoms with van der Waals surface area (Å²) in [5.74, 6) is -2.29.